The van der Waals surface area contributed by atoms with Crippen molar-refractivity contribution in [1.82, 2.24) is 10.2 Å². The van der Waals surface area contributed by atoms with Gasteiger partial charge in [-0.3, -0.25) is 9.69 Å². The monoisotopic (exact) mass is 464 g/mol. The number of rotatable bonds is 8. The lowest BCUT2D eigenvalue weighted by atomic mass is 10.1. The van der Waals surface area contributed by atoms with Crippen molar-refractivity contribution in [3.63, 3.8) is 0 Å². The molecule has 168 valence electrons. The third kappa shape index (κ3) is 4.83. The standard InChI is InChI=1S/C20H17ClN2O9/c1-29-15-7-11(21)5-10(17(15)31-9-16(24)25)6-13-18(26)23(20(28)22-13)8-12-3-4-14(32-12)19(27)30-2/h3-7H,8-9H2,1-2H3,(H,22,28)(H,24,25)/b13-6+. The van der Waals surface area contributed by atoms with Crippen LogP contribution in [0.25, 0.3) is 6.08 Å². The van der Waals surface area contributed by atoms with E-state index in [-0.39, 0.29) is 45.8 Å². The predicted octanol–water partition coefficient (Wildman–Crippen LogP) is 2.28. The van der Waals surface area contributed by atoms with Gasteiger partial charge in [0.25, 0.3) is 5.91 Å². The first-order valence-electron chi connectivity index (χ1n) is 8.97. The summed E-state index contributed by atoms with van der Waals surface area (Å²) in [5.74, 6) is -2.32. The minimum Gasteiger partial charge on any atom is -0.493 e. The number of carboxylic acids is 1. The van der Waals surface area contributed by atoms with Crippen molar-refractivity contribution in [2.75, 3.05) is 20.8 Å². The van der Waals surface area contributed by atoms with Crippen LogP contribution in [0, 0.1) is 0 Å². The maximum absolute atomic E-state index is 12.8. The molecule has 1 saturated heterocycles. The summed E-state index contributed by atoms with van der Waals surface area (Å²) >= 11 is 6.08. The van der Waals surface area contributed by atoms with Gasteiger partial charge in [0.15, 0.2) is 18.1 Å². The zero-order valence-corrected chi connectivity index (χ0v) is 17.6. The summed E-state index contributed by atoms with van der Waals surface area (Å²) in [7, 11) is 2.53. The van der Waals surface area contributed by atoms with E-state index in [1.54, 1.807) is 0 Å². The van der Waals surface area contributed by atoms with Crippen LogP contribution in [0.1, 0.15) is 21.9 Å². The molecule has 1 aromatic heterocycles. The Hall–Kier alpha value is -3.99. The second-order valence-corrected chi connectivity index (χ2v) is 6.78. The van der Waals surface area contributed by atoms with E-state index in [0.717, 1.165) is 4.90 Å². The maximum Gasteiger partial charge on any atom is 0.373 e. The average Bonchev–Trinajstić information content (AvgIpc) is 3.32. The highest BCUT2D eigenvalue weighted by Crippen LogP contribution is 2.36. The number of amides is 3. The molecule has 1 aliphatic heterocycles. The number of methoxy groups -OCH3 is 2. The van der Waals surface area contributed by atoms with Gasteiger partial charge in [-0.05, 0) is 24.3 Å². The number of nitrogens with zero attached hydrogens (tertiary/aromatic N) is 1. The molecule has 0 saturated carbocycles. The van der Waals surface area contributed by atoms with Crippen LogP contribution in [0.3, 0.4) is 0 Å². The molecule has 2 N–H and O–H groups in total. The third-order valence-corrected chi connectivity index (χ3v) is 4.45. The zero-order valence-electron chi connectivity index (χ0n) is 16.8. The number of aliphatic carboxylic acids is 1. The van der Waals surface area contributed by atoms with Crippen LogP contribution in [0.4, 0.5) is 4.79 Å². The molecule has 0 atom stereocenters. The van der Waals surface area contributed by atoms with Crippen molar-refractivity contribution in [1.29, 1.82) is 0 Å². The number of furan rings is 1. The van der Waals surface area contributed by atoms with Crippen molar-refractivity contribution in [2.45, 2.75) is 6.54 Å². The third-order valence-electron chi connectivity index (χ3n) is 4.23. The quantitative estimate of drug-likeness (QED) is 0.341. The van der Waals surface area contributed by atoms with Gasteiger partial charge < -0.3 is 29.1 Å². The summed E-state index contributed by atoms with van der Waals surface area (Å²) in [4.78, 5) is 48.4. The van der Waals surface area contributed by atoms with Gasteiger partial charge >= 0.3 is 18.0 Å². The molecule has 32 heavy (non-hydrogen) atoms. The number of nitrogens with one attached hydrogen (secondary N) is 1. The minimum atomic E-state index is -1.22. The Morgan fingerprint density at radius 2 is 2.00 bits per heavy atom. The zero-order chi connectivity index (χ0) is 23.4. The Kier molecular flexibility index (Phi) is 6.69. The number of esters is 1. The van der Waals surface area contributed by atoms with E-state index in [4.69, 9.17) is 30.6 Å². The highest BCUT2D eigenvalue weighted by Gasteiger charge is 2.34. The largest absolute Gasteiger partial charge is 0.493 e. The van der Waals surface area contributed by atoms with E-state index in [2.05, 4.69) is 10.1 Å². The fourth-order valence-electron chi connectivity index (χ4n) is 2.84. The first kappa shape index (κ1) is 22.7. The molecule has 12 heteroatoms. The van der Waals surface area contributed by atoms with Gasteiger partial charge in [-0.25, -0.2) is 14.4 Å². The van der Waals surface area contributed by atoms with Crippen LogP contribution in [-0.2, 0) is 20.9 Å². The minimum absolute atomic E-state index is 0.0288. The fraction of sp³-hybridized carbons (Fsp3) is 0.200. The van der Waals surface area contributed by atoms with E-state index in [1.165, 1.54) is 44.6 Å². The molecule has 3 amide bonds. The number of hydrogen-bond donors (Lipinski definition) is 2. The SMILES string of the molecule is COC(=O)c1ccc(CN2C(=O)N/C(=C/c3cc(Cl)cc(OC)c3OCC(=O)O)C2=O)o1. The van der Waals surface area contributed by atoms with Crippen LogP contribution in [0.2, 0.25) is 5.02 Å². The van der Waals surface area contributed by atoms with Crippen LogP contribution in [-0.4, -0.2) is 54.7 Å². The number of hydrogen-bond acceptors (Lipinski definition) is 8. The summed E-state index contributed by atoms with van der Waals surface area (Å²) in [6.45, 7) is -0.901. The van der Waals surface area contributed by atoms with Crippen LogP contribution in [0.5, 0.6) is 11.5 Å². The number of imide groups is 1. The lowest BCUT2D eigenvalue weighted by Crippen LogP contribution is -2.30. The first-order chi connectivity index (χ1) is 15.2. The second-order valence-electron chi connectivity index (χ2n) is 6.35. The average molecular weight is 465 g/mol. The molecule has 2 aromatic rings. The molecule has 3 rings (SSSR count). The van der Waals surface area contributed by atoms with Crippen LogP contribution in [0.15, 0.2) is 34.4 Å². The Labute approximate surface area is 186 Å². The smallest absolute Gasteiger partial charge is 0.373 e. The Balaban J connectivity index is 1.88. The number of halogens is 1. The van der Waals surface area contributed by atoms with E-state index in [9.17, 15) is 19.2 Å². The molecule has 0 radical (unpaired) electrons. The lowest BCUT2D eigenvalue weighted by molar-refractivity contribution is -0.139. The number of ether oxygens (including phenoxy) is 3. The molecule has 1 fully saturated rings. The van der Waals surface area contributed by atoms with Crippen molar-refractivity contribution < 1.29 is 42.9 Å². The number of carbonyl (C=O) groups is 4. The van der Waals surface area contributed by atoms with E-state index in [1.807, 2.05) is 0 Å². The van der Waals surface area contributed by atoms with Crippen LogP contribution < -0.4 is 14.8 Å². The number of carbonyl (C=O) groups excluding carboxylic acids is 3. The second kappa shape index (κ2) is 9.43. The molecule has 1 aromatic carbocycles. The van der Waals surface area contributed by atoms with Gasteiger partial charge in [-0.15, -0.1) is 0 Å². The summed E-state index contributed by atoms with van der Waals surface area (Å²) in [6.07, 6.45) is 1.29. The Bertz CT molecular complexity index is 1120. The normalized spacial score (nSPS) is 14.5. The molecule has 11 nitrogen and oxygen atoms in total. The van der Waals surface area contributed by atoms with E-state index in [0.29, 0.717) is 0 Å². The molecular weight excluding hydrogens is 448 g/mol. The molecule has 0 aliphatic carbocycles. The van der Waals surface area contributed by atoms with Gasteiger partial charge in [-0.1, -0.05) is 11.6 Å². The highest BCUT2D eigenvalue weighted by atomic mass is 35.5. The van der Waals surface area contributed by atoms with E-state index >= 15 is 0 Å². The van der Waals surface area contributed by atoms with Crippen molar-refractivity contribution in [3.8, 4) is 11.5 Å². The van der Waals surface area contributed by atoms with Gasteiger partial charge in [0, 0.05) is 16.7 Å². The van der Waals surface area contributed by atoms with Crippen LogP contribution >= 0.6 is 11.6 Å². The number of carboxylic acid groups (broad SMARTS) is 1. The molecule has 2 heterocycles. The predicted molar refractivity (Wildman–Crippen MR) is 108 cm³/mol. The van der Waals surface area contributed by atoms with Crippen molar-refractivity contribution >= 4 is 41.6 Å². The molecule has 0 spiro atoms. The first-order valence-corrected chi connectivity index (χ1v) is 9.35. The van der Waals surface area contributed by atoms with E-state index < -0.39 is 30.5 Å². The summed E-state index contributed by atoms with van der Waals surface area (Å²) < 4.78 is 20.3. The summed E-state index contributed by atoms with van der Waals surface area (Å²) in [5.41, 5.74) is 0.103. The number of benzene rings is 1. The van der Waals surface area contributed by atoms with Gasteiger partial charge in [0.05, 0.1) is 20.8 Å². The molecule has 0 bridgehead atoms. The fourth-order valence-corrected chi connectivity index (χ4v) is 3.05. The van der Waals surface area contributed by atoms with Gasteiger partial charge in [0.2, 0.25) is 5.76 Å². The van der Waals surface area contributed by atoms with Gasteiger partial charge in [-0.2, -0.15) is 0 Å². The topological polar surface area (TPSA) is 145 Å². The van der Waals surface area contributed by atoms with Crippen molar-refractivity contribution in [2.24, 2.45) is 0 Å². The maximum atomic E-state index is 12.8. The Morgan fingerprint density at radius 3 is 2.66 bits per heavy atom. The lowest BCUT2D eigenvalue weighted by Gasteiger charge is -2.13. The highest BCUT2D eigenvalue weighted by molar-refractivity contribution is 6.31. The molecule has 0 unspecified atom stereocenters. The van der Waals surface area contributed by atoms with Crippen molar-refractivity contribution in [3.05, 3.63) is 52.1 Å². The summed E-state index contributed by atoms with van der Waals surface area (Å²) in [5, 5.41) is 11.6. The molecular formula is C20H17ClN2O9. The van der Waals surface area contributed by atoms with Gasteiger partial charge in [0.1, 0.15) is 11.5 Å². The number of urea groups is 1. The molecule has 1 aliphatic rings. The Morgan fingerprint density at radius 1 is 1.25 bits per heavy atom. The summed E-state index contributed by atoms with van der Waals surface area (Å²) in [6, 6.07) is 4.91.